The number of ether oxygens (including phenoxy) is 2. The number of nitrogens with one attached hydrogen (secondary N) is 3. The van der Waals surface area contributed by atoms with Crippen molar-refractivity contribution in [2.45, 2.75) is 45.8 Å². The molecule has 0 bridgehead atoms. The van der Waals surface area contributed by atoms with Gasteiger partial charge in [0.05, 0.1) is 30.6 Å². The van der Waals surface area contributed by atoms with Crippen LogP contribution in [0, 0.1) is 5.82 Å². The van der Waals surface area contributed by atoms with Gasteiger partial charge < -0.3 is 25.4 Å². The quantitative estimate of drug-likeness (QED) is 0.229. The fourth-order valence-corrected chi connectivity index (χ4v) is 4.40. The van der Waals surface area contributed by atoms with Gasteiger partial charge in [0, 0.05) is 24.2 Å². The van der Waals surface area contributed by atoms with E-state index in [1.54, 1.807) is 6.07 Å². The molecule has 0 saturated heterocycles. The fourth-order valence-electron chi connectivity index (χ4n) is 4.40. The predicted molar refractivity (Wildman–Crippen MR) is 156 cm³/mol. The van der Waals surface area contributed by atoms with Crippen LogP contribution in [-0.4, -0.2) is 37.1 Å². The van der Waals surface area contributed by atoms with Gasteiger partial charge in [-0.05, 0) is 74.2 Å². The molecule has 214 valence electrons. The van der Waals surface area contributed by atoms with E-state index in [2.05, 4.69) is 16.0 Å². The van der Waals surface area contributed by atoms with Crippen LogP contribution in [0.5, 0.6) is 0 Å². The third-order valence-electron chi connectivity index (χ3n) is 6.31. The second-order valence-corrected chi connectivity index (χ2v) is 10.7. The van der Waals surface area contributed by atoms with E-state index < -0.39 is 11.4 Å². The van der Waals surface area contributed by atoms with Crippen LogP contribution in [-0.2, 0) is 36.8 Å². The van der Waals surface area contributed by atoms with Crippen molar-refractivity contribution in [3.05, 3.63) is 94.8 Å². The monoisotopic (exact) mass is 559 g/mol. The number of hydrogen-bond donors (Lipinski definition) is 3. The molecule has 1 aliphatic heterocycles. The highest BCUT2D eigenvalue weighted by Crippen LogP contribution is 2.38. The van der Waals surface area contributed by atoms with E-state index in [1.165, 1.54) is 19.2 Å². The van der Waals surface area contributed by atoms with Gasteiger partial charge in [0.15, 0.2) is 0 Å². The van der Waals surface area contributed by atoms with Crippen LogP contribution < -0.4 is 16.0 Å². The van der Waals surface area contributed by atoms with Crippen molar-refractivity contribution in [1.82, 2.24) is 5.32 Å². The van der Waals surface area contributed by atoms with E-state index in [0.717, 1.165) is 22.4 Å². The first-order chi connectivity index (χ1) is 19.5. The van der Waals surface area contributed by atoms with Crippen LogP contribution in [0.3, 0.4) is 0 Å². The number of hydrogen-bond acceptors (Lipinski definition) is 7. The third kappa shape index (κ3) is 8.02. The van der Waals surface area contributed by atoms with E-state index >= 15 is 0 Å². The summed E-state index contributed by atoms with van der Waals surface area (Å²) in [5.41, 5.74) is 4.81. The highest BCUT2D eigenvalue weighted by atomic mass is 19.1. The van der Waals surface area contributed by atoms with Gasteiger partial charge in [-0.25, -0.2) is 4.39 Å². The minimum atomic E-state index is -0.535. The van der Waals surface area contributed by atoms with Crippen LogP contribution in [0.1, 0.15) is 49.4 Å². The molecule has 0 unspecified atom stereocenters. The number of aryl methyl sites for hydroxylation is 1. The zero-order chi connectivity index (χ0) is 29.6. The molecule has 0 aliphatic carbocycles. The number of fused-ring (bicyclic) bond motifs is 1. The summed E-state index contributed by atoms with van der Waals surface area (Å²) in [4.78, 5) is 36.6. The number of anilines is 2. The summed E-state index contributed by atoms with van der Waals surface area (Å²) < 4.78 is 23.9. The Hall–Kier alpha value is -4.50. The van der Waals surface area contributed by atoms with Gasteiger partial charge in [-0.15, -0.1) is 0 Å². The summed E-state index contributed by atoms with van der Waals surface area (Å²) in [5, 5.41) is 9.23. The van der Waals surface area contributed by atoms with Crippen LogP contribution in [0.25, 0.3) is 11.3 Å². The SMILES string of the molecule is COC(=O)CCc1ccc(C(Nc2ccc(CNCC(=O)OC(C)(C)C)cc2)=C2C(=O)Nc3cc(F)ccc32)cc1. The van der Waals surface area contributed by atoms with Crippen molar-refractivity contribution in [3.8, 4) is 0 Å². The van der Waals surface area contributed by atoms with Gasteiger partial charge in [-0.2, -0.15) is 0 Å². The molecule has 0 spiro atoms. The number of methoxy groups -OCH3 is 1. The van der Waals surface area contributed by atoms with Crippen LogP contribution in [0.4, 0.5) is 15.8 Å². The van der Waals surface area contributed by atoms with Crippen molar-refractivity contribution in [2.75, 3.05) is 24.3 Å². The summed E-state index contributed by atoms with van der Waals surface area (Å²) in [6, 6.07) is 19.4. The van der Waals surface area contributed by atoms with Gasteiger partial charge in [0.25, 0.3) is 5.91 Å². The van der Waals surface area contributed by atoms with E-state index in [1.807, 2.05) is 69.3 Å². The Bertz CT molecular complexity index is 1460. The van der Waals surface area contributed by atoms with Crippen molar-refractivity contribution < 1.29 is 28.2 Å². The highest BCUT2D eigenvalue weighted by Gasteiger charge is 2.29. The molecular formula is C32H34FN3O5. The minimum Gasteiger partial charge on any atom is -0.469 e. The highest BCUT2D eigenvalue weighted by molar-refractivity contribution is 6.37. The molecule has 0 atom stereocenters. The van der Waals surface area contributed by atoms with Crippen LogP contribution >= 0.6 is 0 Å². The zero-order valence-electron chi connectivity index (χ0n) is 23.6. The normalized spacial score (nSPS) is 13.7. The topological polar surface area (TPSA) is 106 Å². The first-order valence-electron chi connectivity index (χ1n) is 13.3. The summed E-state index contributed by atoms with van der Waals surface area (Å²) in [6.45, 7) is 6.05. The van der Waals surface area contributed by atoms with Gasteiger partial charge in [0.2, 0.25) is 0 Å². The van der Waals surface area contributed by atoms with Crippen molar-refractivity contribution in [3.63, 3.8) is 0 Å². The Morgan fingerprint density at radius 2 is 1.61 bits per heavy atom. The average Bonchev–Trinajstić information content (AvgIpc) is 3.24. The van der Waals surface area contributed by atoms with E-state index in [9.17, 15) is 18.8 Å². The molecule has 9 heteroatoms. The van der Waals surface area contributed by atoms with Gasteiger partial charge in [-0.1, -0.05) is 36.4 Å². The lowest BCUT2D eigenvalue weighted by atomic mass is 9.98. The maximum Gasteiger partial charge on any atom is 0.320 e. The Labute approximate surface area is 238 Å². The van der Waals surface area contributed by atoms with Gasteiger partial charge in [-0.3, -0.25) is 14.4 Å². The molecule has 1 heterocycles. The maximum absolute atomic E-state index is 13.9. The molecule has 1 aliphatic rings. The largest absolute Gasteiger partial charge is 0.469 e. The molecule has 0 fully saturated rings. The second kappa shape index (κ2) is 12.8. The smallest absolute Gasteiger partial charge is 0.320 e. The molecule has 3 aromatic carbocycles. The van der Waals surface area contributed by atoms with Crippen molar-refractivity contribution >= 4 is 40.5 Å². The number of carbonyl (C=O) groups is 3. The van der Waals surface area contributed by atoms with Crippen LogP contribution in [0.2, 0.25) is 0 Å². The Morgan fingerprint density at radius 1 is 0.927 bits per heavy atom. The zero-order valence-corrected chi connectivity index (χ0v) is 23.6. The van der Waals surface area contributed by atoms with E-state index in [0.29, 0.717) is 35.5 Å². The fraction of sp³-hybridized carbons (Fsp3) is 0.281. The molecule has 41 heavy (non-hydrogen) atoms. The molecule has 3 N–H and O–H groups in total. The van der Waals surface area contributed by atoms with Crippen molar-refractivity contribution in [2.24, 2.45) is 0 Å². The Kier molecular flexibility index (Phi) is 9.19. The predicted octanol–water partition coefficient (Wildman–Crippen LogP) is 5.30. The summed E-state index contributed by atoms with van der Waals surface area (Å²) >= 11 is 0. The minimum absolute atomic E-state index is 0.0955. The van der Waals surface area contributed by atoms with Gasteiger partial charge >= 0.3 is 11.9 Å². The molecular weight excluding hydrogens is 525 g/mol. The lowest BCUT2D eigenvalue weighted by Crippen LogP contribution is -2.31. The summed E-state index contributed by atoms with van der Waals surface area (Å²) in [7, 11) is 1.36. The lowest BCUT2D eigenvalue weighted by Gasteiger charge is -2.19. The van der Waals surface area contributed by atoms with E-state index in [4.69, 9.17) is 9.47 Å². The molecule has 4 rings (SSSR count). The second-order valence-electron chi connectivity index (χ2n) is 10.7. The lowest BCUT2D eigenvalue weighted by molar-refractivity contribution is -0.153. The Morgan fingerprint density at radius 3 is 2.27 bits per heavy atom. The number of esters is 2. The van der Waals surface area contributed by atoms with Gasteiger partial charge in [0.1, 0.15) is 11.4 Å². The number of rotatable bonds is 10. The average molecular weight is 560 g/mol. The molecule has 0 aromatic heterocycles. The first kappa shape index (κ1) is 29.5. The third-order valence-corrected chi connectivity index (χ3v) is 6.31. The molecule has 0 radical (unpaired) electrons. The molecule has 0 saturated carbocycles. The summed E-state index contributed by atoms with van der Waals surface area (Å²) in [6.07, 6.45) is 0.792. The molecule has 8 nitrogen and oxygen atoms in total. The number of benzene rings is 3. The Balaban J connectivity index is 1.56. The van der Waals surface area contributed by atoms with Crippen molar-refractivity contribution in [1.29, 1.82) is 0 Å². The summed E-state index contributed by atoms with van der Waals surface area (Å²) in [5.74, 6) is -1.39. The van der Waals surface area contributed by atoms with Crippen LogP contribution in [0.15, 0.2) is 66.7 Å². The standard InChI is InChI=1S/C32H34FN3O5/c1-32(2,3)41-28(38)19-34-18-21-7-13-24(14-8-21)35-30(22-10-5-20(6-11-22)9-16-27(37)40-4)29-25-15-12-23(33)17-26(25)36-31(29)39/h5-8,10-15,17,34-35H,9,16,18-19H2,1-4H3,(H,36,39). The molecule has 3 aromatic rings. The maximum atomic E-state index is 13.9. The molecule has 1 amide bonds. The number of amides is 1. The number of carbonyl (C=O) groups excluding carboxylic acids is 3. The first-order valence-corrected chi connectivity index (χ1v) is 13.3. The van der Waals surface area contributed by atoms with E-state index in [-0.39, 0.29) is 30.8 Å². The number of halogens is 1.